The molecule has 2 saturated heterocycles. The van der Waals surface area contributed by atoms with Crippen molar-refractivity contribution < 1.29 is 9.53 Å². The molecule has 2 aliphatic heterocycles. The third-order valence-corrected chi connectivity index (χ3v) is 4.34. The molecule has 2 amide bonds. The van der Waals surface area contributed by atoms with Crippen LogP contribution < -0.4 is 5.32 Å². The number of carbonyl (C=O) groups is 1. The van der Waals surface area contributed by atoms with Crippen molar-refractivity contribution in [2.45, 2.75) is 57.7 Å². The van der Waals surface area contributed by atoms with Crippen molar-refractivity contribution in [2.24, 2.45) is 0 Å². The number of hydrogen-bond acceptors (Lipinski definition) is 3. The molecule has 2 fully saturated rings. The smallest absolute Gasteiger partial charge is 0.323 e. The van der Waals surface area contributed by atoms with E-state index in [1.54, 1.807) is 6.20 Å². The van der Waals surface area contributed by atoms with Crippen LogP contribution in [0, 0.1) is 0 Å². The monoisotopic (exact) mass is 292 g/mol. The Morgan fingerprint density at radius 1 is 1.48 bits per heavy atom. The van der Waals surface area contributed by atoms with Crippen LogP contribution in [0.4, 0.5) is 10.6 Å². The lowest BCUT2D eigenvalue weighted by atomic mass is 10.1. The first-order chi connectivity index (χ1) is 10.3. The number of carbonyl (C=O) groups excluding carboxylic acids is 1. The van der Waals surface area contributed by atoms with Crippen LogP contribution in [0.5, 0.6) is 0 Å². The van der Waals surface area contributed by atoms with Crippen LogP contribution in [0.25, 0.3) is 0 Å². The Morgan fingerprint density at radius 3 is 3.14 bits per heavy atom. The zero-order valence-electron chi connectivity index (χ0n) is 12.6. The van der Waals surface area contributed by atoms with Crippen LogP contribution in [0.15, 0.2) is 12.3 Å². The van der Waals surface area contributed by atoms with Crippen molar-refractivity contribution in [3.8, 4) is 0 Å². The summed E-state index contributed by atoms with van der Waals surface area (Å²) in [5.74, 6) is 0.778. The Labute approximate surface area is 125 Å². The molecular weight excluding hydrogens is 268 g/mol. The third kappa shape index (κ3) is 3.05. The highest BCUT2D eigenvalue weighted by Gasteiger charge is 2.37. The zero-order valence-corrected chi connectivity index (χ0v) is 12.6. The van der Waals surface area contributed by atoms with Gasteiger partial charge in [-0.3, -0.25) is 5.32 Å². The average Bonchev–Trinajstić information content (AvgIpc) is 3.20. The fourth-order valence-corrected chi connectivity index (χ4v) is 3.35. The SMILES string of the molecule is CCCn1nccc1NC(=O)N1CCC[C@H]1[C@H]1CCCO1. The second-order valence-corrected chi connectivity index (χ2v) is 5.82. The van der Waals surface area contributed by atoms with E-state index in [9.17, 15) is 4.79 Å². The molecule has 3 rings (SSSR count). The summed E-state index contributed by atoms with van der Waals surface area (Å²) >= 11 is 0. The lowest BCUT2D eigenvalue weighted by molar-refractivity contribution is 0.0542. The molecule has 1 aromatic rings. The fraction of sp³-hybridized carbons (Fsp3) is 0.733. The standard InChI is InChI=1S/C15H24N4O2/c1-2-9-19-14(7-8-16-19)17-15(20)18-10-3-5-12(18)13-6-4-11-21-13/h7-8,12-13H,2-6,9-11H2,1H3,(H,17,20)/t12-,13+/m0/s1. The molecule has 116 valence electrons. The summed E-state index contributed by atoms with van der Waals surface area (Å²) in [5, 5.41) is 7.24. The molecule has 6 nitrogen and oxygen atoms in total. The van der Waals surface area contributed by atoms with E-state index in [4.69, 9.17) is 4.74 Å². The minimum Gasteiger partial charge on any atom is -0.376 e. The molecule has 3 heterocycles. The Morgan fingerprint density at radius 2 is 2.38 bits per heavy atom. The van der Waals surface area contributed by atoms with Gasteiger partial charge in [0.1, 0.15) is 5.82 Å². The van der Waals surface area contributed by atoms with Gasteiger partial charge in [-0.25, -0.2) is 9.48 Å². The number of urea groups is 1. The van der Waals surface area contributed by atoms with Crippen LogP contribution in [0.2, 0.25) is 0 Å². The third-order valence-electron chi connectivity index (χ3n) is 4.34. The summed E-state index contributed by atoms with van der Waals surface area (Å²) in [6.07, 6.45) is 7.24. The topological polar surface area (TPSA) is 59.4 Å². The highest BCUT2D eigenvalue weighted by Crippen LogP contribution is 2.28. The van der Waals surface area contributed by atoms with E-state index < -0.39 is 0 Å². The van der Waals surface area contributed by atoms with Crippen molar-refractivity contribution in [2.75, 3.05) is 18.5 Å². The van der Waals surface area contributed by atoms with E-state index >= 15 is 0 Å². The van der Waals surface area contributed by atoms with E-state index in [0.717, 1.165) is 57.6 Å². The minimum atomic E-state index is -0.0224. The van der Waals surface area contributed by atoms with E-state index in [2.05, 4.69) is 17.3 Å². The first kappa shape index (κ1) is 14.4. The first-order valence-corrected chi connectivity index (χ1v) is 8.00. The van der Waals surface area contributed by atoms with Gasteiger partial charge in [0.25, 0.3) is 0 Å². The van der Waals surface area contributed by atoms with E-state index in [1.165, 1.54) is 0 Å². The largest absolute Gasteiger partial charge is 0.376 e. The molecule has 21 heavy (non-hydrogen) atoms. The number of nitrogens with zero attached hydrogens (tertiary/aromatic N) is 3. The second kappa shape index (κ2) is 6.47. The Kier molecular flexibility index (Phi) is 4.43. The van der Waals surface area contributed by atoms with Crippen molar-refractivity contribution in [1.82, 2.24) is 14.7 Å². The van der Waals surface area contributed by atoms with Gasteiger partial charge in [-0.05, 0) is 32.1 Å². The van der Waals surface area contributed by atoms with Gasteiger partial charge in [-0.2, -0.15) is 5.10 Å². The number of hydrogen-bond donors (Lipinski definition) is 1. The summed E-state index contributed by atoms with van der Waals surface area (Å²) in [4.78, 5) is 14.5. The van der Waals surface area contributed by atoms with E-state index in [0.29, 0.717) is 0 Å². The minimum absolute atomic E-state index is 0.0224. The molecule has 1 N–H and O–H groups in total. The van der Waals surface area contributed by atoms with Gasteiger partial charge in [0, 0.05) is 25.8 Å². The maximum atomic E-state index is 12.6. The molecule has 2 aliphatic rings. The summed E-state index contributed by atoms with van der Waals surface area (Å²) in [6, 6.07) is 2.06. The van der Waals surface area contributed by atoms with E-state index in [-0.39, 0.29) is 18.2 Å². The number of ether oxygens (including phenoxy) is 1. The van der Waals surface area contributed by atoms with Crippen LogP contribution in [0.3, 0.4) is 0 Å². The summed E-state index contributed by atoms with van der Waals surface area (Å²) in [7, 11) is 0. The number of amides is 2. The van der Waals surface area contributed by atoms with Gasteiger partial charge in [0.15, 0.2) is 0 Å². The number of anilines is 1. The quantitative estimate of drug-likeness (QED) is 0.927. The fourth-order valence-electron chi connectivity index (χ4n) is 3.35. The molecule has 0 saturated carbocycles. The maximum Gasteiger partial charge on any atom is 0.323 e. The molecule has 0 aromatic carbocycles. The van der Waals surface area contributed by atoms with Gasteiger partial charge >= 0.3 is 6.03 Å². The predicted molar refractivity (Wildman–Crippen MR) is 80.2 cm³/mol. The van der Waals surface area contributed by atoms with Crippen molar-refractivity contribution >= 4 is 11.8 Å². The highest BCUT2D eigenvalue weighted by molar-refractivity contribution is 5.88. The zero-order chi connectivity index (χ0) is 14.7. The van der Waals surface area contributed by atoms with Crippen LogP contribution >= 0.6 is 0 Å². The molecule has 1 aromatic heterocycles. The maximum absolute atomic E-state index is 12.6. The van der Waals surface area contributed by atoms with Gasteiger partial charge in [-0.15, -0.1) is 0 Å². The second-order valence-electron chi connectivity index (χ2n) is 5.82. The summed E-state index contributed by atoms with van der Waals surface area (Å²) in [6.45, 7) is 4.57. The Hall–Kier alpha value is -1.56. The molecule has 0 unspecified atom stereocenters. The molecule has 2 atom stereocenters. The van der Waals surface area contributed by atoms with Gasteiger partial charge < -0.3 is 9.64 Å². The molecule has 0 aliphatic carbocycles. The normalized spacial score (nSPS) is 25.5. The van der Waals surface area contributed by atoms with Crippen LogP contribution in [-0.4, -0.2) is 46.0 Å². The number of aromatic nitrogens is 2. The number of nitrogens with one attached hydrogen (secondary N) is 1. The van der Waals surface area contributed by atoms with Gasteiger partial charge in [-0.1, -0.05) is 6.92 Å². The predicted octanol–water partition coefficient (Wildman–Crippen LogP) is 2.47. The van der Waals surface area contributed by atoms with Crippen molar-refractivity contribution in [3.63, 3.8) is 0 Å². The van der Waals surface area contributed by atoms with E-state index in [1.807, 2.05) is 15.6 Å². The molecule has 6 heteroatoms. The first-order valence-electron chi connectivity index (χ1n) is 8.00. The number of aryl methyl sites for hydroxylation is 1. The number of rotatable bonds is 4. The lowest BCUT2D eigenvalue weighted by Crippen LogP contribution is -2.44. The molecule has 0 spiro atoms. The van der Waals surface area contributed by atoms with Crippen LogP contribution in [-0.2, 0) is 11.3 Å². The Balaban J connectivity index is 1.65. The van der Waals surface area contributed by atoms with Crippen molar-refractivity contribution in [1.29, 1.82) is 0 Å². The molecular formula is C15H24N4O2. The summed E-state index contributed by atoms with van der Waals surface area (Å²) in [5.41, 5.74) is 0. The van der Waals surface area contributed by atoms with Gasteiger partial charge in [0.2, 0.25) is 0 Å². The van der Waals surface area contributed by atoms with Crippen molar-refractivity contribution in [3.05, 3.63) is 12.3 Å². The lowest BCUT2D eigenvalue weighted by Gasteiger charge is -2.29. The average molecular weight is 292 g/mol. The molecule has 0 radical (unpaired) electrons. The van der Waals surface area contributed by atoms with Gasteiger partial charge in [0.05, 0.1) is 18.3 Å². The summed E-state index contributed by atoms with van der Waals surface area (Å²) < 4.78 is 7.62. The Bertz CT molecular complexity index is 482. The highest BCUT2D eigenvalue weighted by atomic mass is 16.5. The molecule has 0 bridgehead atoms. The van der Waals surface area contributed by atoms with Crippen LogP contribution in [0.1, 0.15) is 39.0 Å². The number of likely N-dealkylation sites (tertiary alicyclic amines) is 1.